The summed E-state index contributed by atoms with van der Waals surface area (Å²) in [5, 5.41) is 20.1. The highest BCUT2D eigenvalue weighted by molar-refractivity contribution is 6.30. The number of aliphatic hydroxyl groups is 2. The molecule has 100 valence electrons. The number of benzene rings is 1. The van der Waals surface area contributed by atoms with Crippen LogP contribution in [0.3, 0.4) is 0 Å². The maximum atomic E-state index is 11.0. The zero-order valence-corrected chi connectivity index (χ0v) is 10.8. The van der Waals surface area contributed by atoms with Crippen LogP contribution < -0.4 is 4.74 Å². The first-order chi connectivity index (χ1) is 8.49. The second-order valence-electron chi connectivity index (χ2n) is 3.68. The average Bonchev–Trinajstić information content (AvgIpc) is 2.37. The third-order valence-electron chi connectivity index (χ3n) is 2.48. The van der Waals surface area contributed by atoms with Gasteiger partial charge in [-0.1, -0.05) is 11.6 Å². The van der Waals surface area contributed by atoms with E-state index in [0.717, 1.165) is 0 Å². The van der Waals surface area contributed by atoms with Crippen LogP contribution in [0.1, 0.15) is 18.1 Å². The van der Waals surface area contributed by atoms with Crippen molar-refractivity contribution >= 4 is 17.6 Å². The second kappa shape index (κ2) is 6.58. The van der Waals surface area contributed by atoms with Crippen LogP contribution in [0.25, 0.3) is 0 Å². The Morgan fingerprint density at radius 1 is 1.39 bits per heavy atom. The number of halogens is 1. The molecule has 0 radical (unpaired) electrons. The van der Waals surface area contributed by atoms with E-state index in [9.17, 15) is 15.0 Å². The average molecular weight is 275 g/mol. The number of esters is 1. The normalized spacial score (nSPS) is 13.8. The Morgan fingerprint density at radius 3 is 2.61 bits per heavy atom. The third-order valence-corrected chi connectivity index (χ3v) is 2.71. The van der Waals surface area contributed by atoms with E-state index in [0.29, 0.717) is 16.3 Å². The molecule has 0 fully saturated rings. The first-order valence-corrected chi connectivity index (χ1v) is 5.63. The summed E-state index contributed by atoms with van der Waals surface area (Å²) in [6, 6.07) is 4.65. The van der Waals surface area contributed by atoms with Gasteiger partial charge >= 0.3 is 5.97 Å². The van der Waals surface area contributed by atoms with Crippen molar-refractivity contribution in [2.45, 2.75) is 18.6 Å². The van der Waals surface area contributed by atoms with Gasteiger partial charge < -0.3 is 19.7 Å². The van der Waals surface area contributed by atoms with Crippen molar-refractivity contribution in [3.8, 4) is 5.75 Å². The maximum absolute atomic E-state index is 11.0. The minimum absolute atomic E-state index is 0.312. The monoisotopic (exact) mass is 274 g/mol. The van der Waals surface area contributed by atoms with Gasteiger partial charge in [0.15, 0.2) is 0 Å². The molecule has 0 aliphatic rings. The summed E-state index contributed by atoms with van der Waals surface area (Å²) in [4.78, 5) is 11.0. The van der Waals surface area contributed by atoms with Crippen molar-refractivity contribution in [1.82, 2.24) is 0 Å². The first kappa shape index (κ1) is 14.8. The van der Waals surface area contributed by atoms with Gasteiger partial charge in [0.05, 0.1) is 26.7 Å². The highest BCUT2D eigenvalue weighted by Gasteiger charge is 2.24. The summed E-state index contributed by atoms with van der Waals surface area (Å²) in [6.07, 6.45) is -2.88. The van der Waals surface area contributed by atoms with Crippen LogP contribution in [-0.4, -0.2) is 36.5 Å². The number of carbonyl (C=O) groups excluding carboxylic acids is 1. The van der Waals surface area contributed by atoms with Crippen molar-refractivity contribution in [1.29, 1.82) is 0 Å². The molecule has 18 heavy (non-hydrogen) atoms. The van der Waals surface area contributed by atoms with Gasteiger partial charge in [-0.3, -0.25) is 4.79 Å². The van der Waals surface area contributed by atoms with Crippen LogP contribution in [0.2, 0.25) is 5.02 Å². The molecule has 2 unspecified atom stereocenters. The van der Waals surface area contributed by atoms with E-state index in [1.165, 1.54) is 20.3 Å². The van der Waals surface area contributed by atoms with Crippen molar-refractivity contribution in [2.75, 3.05) is 14.2 Å². The number of hydrogen-bond acceptors (Lipinski definition) is 5. The van der Waals surface area contributed by atoms with E-state index in [4.69, 9.17) is 16.3 Å². The van der Waals surface area contributed by atoms with E-state index in [1.807, 2.05) is 0 Å². The molecule has 0 saturated heterocycles. The standard InChI is InChI=1S/C12H15ClO5/c1-17-10-4-3-7(13)5-8(10)12(16)9(14)6-11(15)18-2/h3-5,9,12,14,16H,6H2,1-2H3. The molecular weight excluding hydrogens is 260 g/mol. The molecule has 0 bridgehead atoms. The van der Waals surface area contributed by atoms with Crippen LogP contribution in [0.15, 0.2) is 18.2 Å². The molecule has 0 aliphatic carbocycles. The van der Waals surface area contributed by atoms with Crippen LogP contribution in [0.5, 0.6) is 5.75 Å². The summed E-state index contributed by atoms with van der Waals surface area (Å²) in [7, 11) is 2.65. The minimum atomic E-state index is -1.29. The summed E-state index contributed by atoms with van der Waals surface area (Å²) < 4.78 is 9.48. The largest absolute Gasteiger partial charge is 0.496 e. The Kier molecular flexibility index (Phi) is 5.40. The Hall–Kier alpha value is -1.30. The molecule has 0 amide bonds. The molecular formula is C12H15ClO5. The van der Waals surface area contributed by atoms with Crippen LogP contribution in [-0.2, 0) is 9.53 Å². The summed E-state index contributed by atoms with van der Waals surface area (Å²) in [5.74, 6) is -0.224. The second-order valence-corrected chi connectivity index (χ2v) is 4.12. The third kappa shape index (κ3) is 3.60. The van der Waals surface area contributed by atoms with Crippen molar-refractivity contribution in [2.24, 2.45) is 0 Å². The van der Waals surface area contributed by atoms with Crippen molar-refractivity contribution < 1.29 is 24.5 Å². The molecule has 1 aromatic rings. The van der Waals surface area contributed by atoms with E-state index < -0.39 is 18.2 Å². The molecule has 0 aromatic heterocycles. The van der Waals surface area contributed by atoms with Gasteiger partial charge in [-0.05, 0) is 18.2 Å². The lowest BCUT2D eigenvalue weighted by atomic mass is 10.0. The molecule has 5 nitrogen and oxygen atoms in total. The number of rotatable bonds is 5. The summed E-state index contributed by atoms with van der Waals surface area (Å²) >= 11 is 5.82. The Morgan fingerprint density at radius 2 is 2.06 bits per heavy atom. The number of aliphatic hydroxyl groups excluding tert-OH is 2. The van der Waals surface area contributed by atoms with Crippen molar-refractivity contribution in [3.63, 3.8) is 0 Å². The van der Waals surface area contributed by atoms with Crippen LogP contribution in [0, 0.1) is 0 Å². The lowest BCUT2D eigenvalue weighted by molar-refractivity contribution is -0.144. The highest BCUT2D eigenvalue weighted by atomic mass is 35.5. The van der Waals surface area contributed by atoms with Crippen molar-refractivity contribution in [3.05, 3.63) is 28.8 Å². The van der Waals surface area contributed by atoms with Gasteiger partial charge in [0, 0.05) is 10.6 Å². The summed E-state index contributed by atoms with van der Waals surface area (Å²) in [5.41, 5.74) is 0.321. The zero-order valence-electron chi connectivity index (χ0n) is 10.1. The Balaban J connectivity index is 2.91. The smallest absolute Gasteiger partial charge is 0.308 e. The lowest BCUT2D eigenvalue weighted by Gasteiger charge is -2.19. The van der Waals surface area contributed by atoms with Gasteiger partial charge in [-0.15, -0.1) is 0 Å². The number of methoxy groups -OCH3 is 2. The highest BCUT2D eigenvalue weighted by Crippen LogP contribution is 2.30. The van der Waals surface area contributed by atoms with E-state index >= 15 is 0 Å². The molecule has 2 N–H and O–H groups in total. The van der Waals surface area contributed by atoms with E-state index in [2.05, 4.69) is 4.74 Å². The predicted molar refractivity (Wildman–Crippen MR) is 65.6 cm³/mol. The number of hydrogen-bond donors (Lipinski definition) is 2. The molecule has 1 rings (SSSR count). The molecule has 0 saturated carbocycles. The minimum Gasteiger partial charge on any atom is -0.496 e. The predicted octanol–water partition coefficient (Wildman–Crippen LogP) is 1.31. The van der Waals surface area contributed by atoms with Gasteiger partial charge in [-0.2, -0.15) is 0 Å². The summed E-state index contributed by atoms with van der Waals surface area (Å²) in [6.45, 7) is 0. The molecule has 2 atom stereocenters. The van der Waals surface area contributed by atoms with Crippen LogP contribution >= 0.6 is 11.6 Å². The molecule has 0 heterocycles. The number of carbonyl (C=O) groups is 1. The van der Waals surface area contributed by atoms with Gasteiger partial charge in [0.2, 0.25) is 0 Å². The Labute approximate surface area is 110 Å². The molecule has 0 aliphatic heterocycles. The topological polar surface area (TPSA) is 76.0 Å². The van der Waals surface area contributed by atoms with E-state index in [1.54, 1.807) is 12.1 Å². The molecule has 1 aromatic carbocycles. The lowest BCUT2D eigenvalue weighted by Crippen LogP contribution is -2.23. The Bertz CT molecular complexity index is 421. The fraction of sp³-hybridized carbons (Fsp3) is 0.417. The van der Waals surface area contributed by atoms with E-state index in [-0.39, 0.29) is 6.42 Å². The van der Waals surface area contributed by atoms with Gasteiger partial charge in [-0.25, -0.2) is 0 Å². The molecule has 6 heteroatoms. The maximum Gasteiger partial charge on any atom is 0.308 e. The van der Waals surface area contributed by atoms with Crippen LogP contribution in [0.4, 0.5) is 0 Å². The quantitative estimate of drug-likeness (QED) is 0.792. The zero-order chi connectivity index (χ0) is 13.7. The fourth-order valence-electron chi connectivity index (χ4n) is 1.51. The first-order valence-electron chi connectivity index (χ1n) is 5.26. The van der Waals surface area contributed by atoms with Gasteiger partial charge in [0.25, 0.3) is 0 Å². The SMILES string of the molecule is COC(=O)CC(O)C(O)c1cc(Cl)ccc1OC. The number of ether oxygens (including phenoxy) is 2. The fourth-order valence-corrected chi connectivity index (χ4v) is 1.69. The van der Waals surface area contributed by atoms with Gasteiger partial charge in [0.1, 0.15) is 11.9 Å². The molecule has 0 spiro atoms.